The van der Waals surface area contributed by atoms with Crippen LogP contribution in [0.4, 0.5) is 0 Å². The largest absolute Gasteiger partial charge is 0.486 e. The molecule has 138 valence electrons. The average molecular weight is 374 g/mol. The van der Waals surface area contributed by atoms with Crippen LogP contribution >= 0.6 is 11.8 Å². The highest BCUT2D eigenvalue weighted by atomic mass is 32.2. The molecule has 26 heavy (non-hydrogen) atoms. The molecule has 1 unspecified atom stereocenters. The first-order valence-corrected chi connectivity index (χ1v) is 9.21. The van der Waals surface area contributed by atoms with E-state index >= 15 is 0 Å². The number of thioether (sulfide) groups is 1. The maximum Gasteiger partial charge on any atom is 0.239 e. The fraction of sp³-hybridized carbons (Fsp3) is 0.412. The molecular weight excluding hydrogens is 352 g/mol. The van der Waals surface area contributed by atoms with Crippen LogP contribution < -0.4 is 10.6 Å². The van der Waals surface area contributed by atoms with Crippen molar-refractivity contribution in [3.05, 3.63) is 47.4 Å². The van der Waals surface area contributed by atoms with Gasteiger partial charge in [-0.05, 0) is 37.5 Å². The van der Waals surface area contributed by atoms with Gasteiger partial charge in [0, 0.05) is 0 Å². The number of nitrogens with two attached hydrogens (primary N) is 1. The predicted molar refractivity (Wildman–Crippen MR) is 98.3 cm³/mol. The normalized spacial score (nSPS) is 12.5. The number of rotatable bonds is 7. The van der Waals surface area contributed by atoms with Crippen molar-refractivity contribution in [1.82, 2.24) is 25.0 Å². The lowest BCUT2D eigenvalue weighted by molar-refractivity contribution is 0.291. The summed E-state index contributed by atoms with van der Waals surface area (Å²) in [5, 5.41) is 12.5. The first kappa shape index (κ1) is 18.2. The third kappa shape index (κ3) is 4.16. The number of ether oxygens (including phenoxy) is 1. The monoisotopic (exact) mass is 374 g/mol. The lowest BCUT2D eigenvalue weighted by atomic mass is 10.0. The third-order valence-electron chi connectivity index (χ3n) is 3.82. The van der Waals surface area contributed by atoms with Crippen molar-refractivity contribution in [2.24, 2.45) is 0 Å². The third-order valence-corrected chi connectivity index (χ3v) is 4.87. The van der Waals surface area contributed by atoms with Crippen LogP contribution in [0.3, 0.4) is 0 Å². The summed E-state index contributed by atoms with van der Waals surface area (Å²) in [6.45, 7) is 8.27. The Morgan fingerprint density at radius 2 is 1.92 bits per heavy atom. The van der Waals surface area contributed by atoms with Gasteiger partial charge in [-0.1, -0.05) is 42.9 Å². The van der Waals surface area contributed by atoms with Gasteiger partial charge in [0.25, 0.3) is 0 Å². The summed E-state index contributed by atoms with van der Waals surface area (Å²) in [5.74, 6) is 9.00. The summed E-state index contributed by atoms with van der Waals surface area (Å²) >= 11 is 1.40. The van der Waals surface area contributed by atoms with Gasteiger partial charge in [-0.3, -0.25) is 0 Å². The summed E-state index contributed by atoms with van der Waals surface area (Å²) < 4.78 is 12.4. The number of aryl methyl sites for hydroxylation is 1. The van der Waals surface area contributed by atoms with E-state index in [2.05, 4.69) is 46.3 Å². The molecule has 0 radical (unpaired) electrons. The highest BCUT2D eigenvalue weighted by Gasteiger charge is 2.19. The second-order valence-electron chi connectivity index (χ2n) is 6.22. The maximum absolute atomic E-state index is 6.09. The molecule has 1 atom stereocenters. The van der Waals surface area contributed by atoms with Crippen LogP contribution in [-0.4, -0.2) is 25.0 Å². The molecule has 0 saturated heterocycles. The Kier molecular flexibility index (Phi) is 5.46. The molecule has 2 heterocycles. The van der Waals surface area contributed by atoms with E-state index in [1.54, 1.807) is 6.92 Å². The molecular formula is C17H22N6O2S. The number of nitrogens with zero attached hydrogens (tertiary/aromatic N) is 5. The second kappa shape index (κ2) is 7.77. The number of aromatic nitrogens is 5. The fourth-order valence-electron chi connectivity index (χ4n) is 2.27. The topological polar surface area (TPSA) is 105 Å². The standard InChI is InChI=1S/C17H22N6O2S/c1-10(2)13-5-7-14(8-6-13)24-9-15-20-21-17(23(15)18)26-11(3)16-19-12(4)22-25-16/h5-8,10-11H,9,18H2,1-4H3. The minimum atomic E-state index is -0.0833. The molecule has 9 heteroatoms. The van der Waals surface area contributed by atoms with E-state index in [1.807, 2.05) is 19.1 Å². The molecule has 3 aromatic rings. The molecule has 0 amide bonds. The molecule has 2 N–H and O–H groups in total. The first-order chi connectivity index (χ1) is 12.4. The van der Waals surface area contributed by atoms with Gasteiger partial charge in [-0.25, -0.2) is 4.68 Å². The highest BCUT2D eigenvalue weighted by molar-refractivity contribution is 7.99. The number of hydrogen-bond acceptors (Lipinski definition) is 8. The smallest absolute Gasteiger partial charge is 0.239 e. The van der Waals surface area contributed by atoms with Crippen molar-refractivity contribution >= 4 is 11.8 Å². The van der Waals surface area contributed by atoms with E-state index in [9.17, 15) is 0 Å². The van der Waals surface area contributed by atoms with Crippen LogP contribution in [0.5, 0.6) is 5.75 Å². The van der Waals surface area contributed by atoms with Crippen LogP contribution in [0.2, 0.25) is 0 Å². The molecule has 1 aromatic carbocycles. The lowest BCUT2D eigenvalue weighted by Gasteiger charge is -2.09. The Morgan fingerprint density at radius 1 is 1.19 bits per heavy atom. The zero-order valence-corrected chi connectivity index (χ0v) is 16.0. The van der Waals surface area contributed by atoms with Crippen LogP contribution in [-0.2, 0) is 6.61 Å². The second-order valence-corrected chi connectivity index (χ2v) is 7.53. The molecule has 2 aromatic heterocycles. The van der Waals surface area contributed by atoms with E-state index in [1.165, 1.54) is 22.0 Å². The van der Waals surface area contributed by atoms with E-state index in [0.29, 0.717) is 28.6 Å². The molecule has 0 aliphatic carbocycles. The molecule has 0 saturated carbocycles. The van der Waals surface area contributed by atoms with Crippen LogP contribution in [0.1, 0.15) is 55.0 Å². The number of hydrogen-bond donors (Lipinski definition) is 1. The fourth-order valence-corrected chi connectivity index (χ4v) is 3.09. The summed E-state index contributed by atoms with van der Waals surface area (Å²) in [5.41, 5.74) is 1.27. The Morgan fingerprint density at radius 3 is 2.54 bits per heavy atom. The highest BCUT2D eigenvalue weighted by Crippen LogP contribution is 2.32. The van der Waals surface area contributed by atoms with Crippen molar-refractivity contribution < 1.29 is 9.26 Å². The van der Waals surface area contributed by atoms with Gasteiger partial charge in [0.15, 0.2) is 11.6 Å². The van der Waals surface area contributed by atoms with Gasteiger partial charge in [-0.2, -0.15) is 4.98 Å². The van der Waals surface area contributed by atoms with Crippen molar-refractivity contribution in [3.63, 3.8) is 0 Å². The zero-order valence-electron chi connectivity index (χ0n) is 15.2. The average Bonchev–Trinajstić information content (AvgIpc) is 3.20. The van der Waals surface area contributed by atoms with E-state index in [4.69, 9.17) is 15.1 Å². The molecule has 0 fully saturated rings. The van der Waals surface area contributed by atoms with E-state index in [-0.39, 0.29) is 11.9 Å². The van der Waals surface area contributed by atoms with Crippen molar-refractivity contribution in [1.29, 1.82) is 0 Å². The van der Waals surface area contributed by atoms with Crippen LogP contribution in [0, 0.1) is 6.92 Å². The van der Waals surface area contributed by atoms with Gasteiger partial charge in [-0.15, -0.1) is 10.2 Å². The SMILES string of the molecule is Cc1noc(C(C)Sc2nnc(COc3ccc(C(C)C)cc3)n2N)n1. The molecule has 0 bridgehead atoms. The number of nitrogen functional groups attached to an aromatic ring is 1. The van der Waals surface area contributed by atoms with Gasteiger partial charge >= 0.3 is 0 Å². The van der Waals surface area contributed by atoms with Gasteiger partial charge in [0.05, 0.1) is 5.25 Å². The predicted octanol–water partition coefficient (Wildman–Crippen LogP) is 3.24. The summed E-state index contributed by atoms with van der Waals surface area (Å²) in [4.78, 5) is 4.22. The van der Waals surface area contributed by atoms with Crippen LogP contribution in [0.15, 0.2) is 33.9 Å². The Hall–Kier alpha value is -2.55. The quantitative estimate of drug-likeness (QED) is 0.496. The minimum Gasteiger partial charge on any atom is -0.486 e. The molecule has 0 aliphatic rings. The molecule has 3 rings (SSSR count). The van der Waals surface area contributed by atoms with Crippen LogP contribution in [0.25, 0.3) is 0 Å². The van der Waals surface area contributed by atoms with Gasteiger partial charge in [0.2, 0.25) is 11.0 Å². The minimum absolute atomic E-state index is 0.0833. The van der Waals surface area contributed by atoms with Crippen molar-refractivity contribution in [2.45, 2.75) is 50.6 Å². The maximum atomic E-state index is 6.09. The van der Waals surface area contributed by atoms with Crippen molar-refractivity contribution in [3.8, 4) is 5.75 Å². The number of benzene rings is 1. The van der Waals surface area contributed by atoms with Gasteiger partial charge in [0.1, 0.15) is 12.4 Å². The Balaban J connectivity index is 1.61. The molecule has 0 spiro atoms. The molecule has 8 nitrogen and oxygen atoms in total. The Bertz CT molecular complexity index is 859. The van der Waals surface area contributed by atoms with Gasteiger partial charge < -0.3 is 15.1 Å². The Labute approximate surface area is 156 Å². The van der Waals surface area contributed by atoms with Crippen molar-refractivity contribution in [2.75, 3.05) is 5.84 Å². The summed E-state index contributed by atoms with van der Waals surface area (Å²) in [6.07, 6.45) is 0. The first-order valence-electron chi connectivity index (χ1n) is 8.33. The summed E-state index contributed by atoms with van der Waals surface area (Å²) in [7, 11) is 0. The van der Waals surface area contributed by atoms with E-state index in [0.717, 1.165) is 5.75 Å². The zero-order chi connectivity index (χ0) is 18.7. The lowest BCUT2D eigenvalue weighted by Crippen LogP contribution is -2.16. The molecule has 0 aliphatic heterocycles. The summed E-state index contributed by atoms with van der Waals surface area (Å²) in [6, 6.07) is 8.01. The van der Waals surface area contributed by atoms with E-state index < -0.39 is 0 Å².